The third kappa shape index (κ3) is 2.31. The average Bonchev–Trinajstić information content (AvgIpc) is 1.31. The monoisotopic (exact) mass is 103 g/mol. The molecule has 0 heterocycles. The molecule has 1 amide bonds. The van der Waals surface area contributed by atoms with E-state index >= 15 is 0 Å². The topological polar surface area (TPSA) is 43.1 Å². The molecule has 7 heavy (non-hydrogen) atoms. The third-order valence-corrected chi connectivity index (χ3v) is 0.812. The summed E-state index contributed by atoms with van der Waals surface area (Å²) in [5.41, 5.74) is 0. The molecule has 0 radical (unpaired) electrons. The van der Waals surface area contributed by atoms with Crippen LogP contribution in [0.4, 0.5) is 0 Å². The van der Waals surface area contributed by atoms with E-state index in [0.717, 1.165) is 0 Å². The van der Waals surface area contributed by atoms with Crippen molar-refractivity contribution in [1.82, 2.24) is 0 Å². The number of carbonyl (C=O) groups is 1. The first-order valence-electron chi connectivity index (χ1n) is 2.08. The molecule has 0 unspecified atom stereocenters. The fraction of sp³-hybridized carbons (Fsp3) is 0.750. The zero-order valence-corrected chi connectivity index (χ0v) is 4.93. The highest BCUT2D eigenvalue weighted by atomic mass is 16.2. The van der Waals surface area contributed by atoms with Crippen molar-refractivity contribution in [3.63, 3.8) is 0 Å². The molecule has 0 aliphatic heterocycles. The molecule has 0 saturated heterocycles. The molecule has 0 spiro atoms. The molecular formula is C4H11N2O+. The Balaban J connectivity index is 3.79. The summed E-state index contributed by atoms with van der Waals surface area (Å²) in [5, 5.41) is 0. The van der Waals surface area contributed by atoms with E-state index in [4.69, 9.17) is 5.84 Å². The highest BCUT2D eigenvalue weighted by Gasteiger charge is 2.13. The van der Waals surface area contributed by atoms with E-state index < -0.39 is 0 Å². The molecule has 2 N–H and O–H groups in total. The van der Waals surface area contributed by atoms with Gasteiger partial charge in [-0.2, -0.15) is 10.4 Å². The lowest BCUT2D eigenvalue weighted by Crippen LogP contribution is -2.50. The Morgan fingerprint density at radius 1 is 1.57 bits per heavy atom. The number of hydrogen-bond donors (Lipinski definition) is 1. The van der Waals surface area contributed by atoms with Crippen molar-refractivity contribution in [2.75, 3.05) is 14.1 Å². The minimum absolute atomic E-state index is 0.0417. The molecule has 0 rings (SSSR count). The molecule has 0 aromatic rings. The highest BCUT2D eigenvalue weighted by Crippen LogP contribution is 1.82. The summed E-state index contributed by atoms with van der Waals surface area (Å²) in [7, 11) is 3.25. The van der Waals surface area contributed by atoms with E-state index in [1.807, 2.05) is 0 Å². The molecule has 3 heteroatoms. The van der Waals surface area contributed by atoms with E-state index in [-0.39, 0.29) is 10.5 Å². The highest BCUT2D eigenvalue weighted by molar-refractivity contribution is 5.64. The Morgan fingerprint density at radius 2 is 1.71 bits per heavy atom. The maximum Gasteiger partial charge on any atom is 0.329 e. The van der Waals surface area contributed by atoms with Crippen LogP contribution >= 0.6 is 0 Å². The number of carbonyl (C=O) groups excluding carboxylic acids is 1. The first-order valence-corrected chi connectivity index (χ1v) is 2.08. The zero-order valence-electron chi connectivity index (χ0n) is 4.93. The van der Waals surface area contributed by atoms with Crippen LogP contribution in [0.2, 0.25) is 0 Å². The number of amides is 1. The summed E-state index contributed by atoms with van der Waals surface area (Å²) >= 11 is 0. The van der Waals surface area contributed by atoms with Gasteiger partial charge >= 0.3 is 5.91 Å². The van der Waals surface area contributed by atoms with Crippen LogP contribution in [0.5, 0.6) is 0 Å². The maximum absolute atomic E-state index is 10.3. The van der Waals surface area contributed by atoms with Crippen LogP contribution in [0.3, 0.4) is 0 Å². The summed E-state index contributed by atoms with van der Waals surface area (Å²) in [6.07, 6.45) is 0. The van der Waals surface area contributed by atoms with Crippen molar-refractivity contribution >= 4 is 5.91 Å². The molecule has 0 aromatic carbocycles. The summed E-state index contributed by atoms with van der Waals surface area (Å²) in [6, 6.07) is 0. The Morgan fingerprint density at radius 3 is 1.71 bits per heavy atom. The van der Waals surface area contributed by atoms with Gasteiger partial charge in [-0.1, -0.05) is 0 Å². The van der Waals surface area contributed by atoms with Gasteiger partial charge in [0.2, 0.25) is 0 Å². The van der Waals surface area contributed by atoms with Gasteiger partial charge in [-0.25, -0.2) is 4.79 Å². The third-order valence-electron chi connectivity index (χ3n) is 0.812. The number of nitrogens with two attached hydrogens (primary N) is 1. The largest absolute Gasteiger partial charge is 0.329 e. The Kier molecular flexibility index (Phi) is 1.50. The Bertz CT molecular complexity index is 82.2. The first kappa shape index (κ1) is 6.59. The maximum atomic E-state index is 10.3. The minimum atomic E-state index is -0.0833. The quantitative estimate of drug-likeness (QED) is 0.194. The minimum Gasteiger partial charge on any atom is -0.229 e. The fourth-order valence-electron chi connectivity index (χ4n) is 0. The van der Waals surface area contributed by atoms with Crippen LogP contribution < -0.4 is 5.84 Å². The Labute approximate surface area is 43.3 Å². The number of rotatable bonds is 0. The average molecular weight is 103 g/mol. The zero-order chi connectivity index (χ0) is 6.08. The van der Waals surface area contributed by atoms with Crippen molar-refractivity contribution in [2.45, 2.75) is 6.92 Å². The van der Waals surface area contributed by atoms with Crippen molar-refractivity contribution in [3.8, 4) is 0 Å². The lowest BCUT2D eigenvalue weighted by atomic mass is 10.6. The fourth-order valence-corrected chi connectivity index (χ4v) is 0. The van der Waals surface area contributed by atoms with Crippen LogP contribution in [-0.4, -0.2) is 24.6 Å². The molecule has 3 nitrogen and oxygen atoms in total. The molecule has 0 aromatic heterocycles. The number of nitrogens with zero attached hydrogens (tertiary/aromatic N) is 1. The molecular weight excluding hydrogens is 92.1 g/mol. The normalized spacial score (nSPS) is 11.4. The molecule has 42 valence electrons. The van der Waals surface area contributed by atoms with E-state index in [9.17, 15) is 4.79 Å². The van der Waals surface area contributed by atoms with Gasteiger partial charge in [0.1, 0.15) is 0 Å². The molecule has 0 saturated carbocycles. The summed E-state index contributed by atoms with van der Waals surface area (Å²) < 4.78 is -0.0833. The second kappa shape index (κ2) is 1.60. The first-order chi connectivity index (χ1) is 2.94. The van der Waals surface area contributed by atoms with Gasteiger partial charge in [-0.15, -0.1) is 0 Å². The second-order valence-corrected chi connectivity index (χ2v) is 2.06. The van der Waals surface area contributed by atoms with Crippen LogP contribution in [0, 0.1) is 0 Å². The second-order valence-electron chi connectivity index (χ2n) is 2.06. The van der Waals surface area contributed by atoms with Crippen LogP contribution in [-0.2, 0) is 4.79 Å². The number of hydrogen-bond acceptors (Lipinski definition) is 2. The van der Waals surface area contributed by atoms with E-state index in [1.54, 1.807) is 14.1 Å². The van der Waals surface area contributed by atoms with Gasteiger partial charge < -0.3 is 0 Å². The molecule has 0 bridgehead atoms. The van der Waals surface area contributed by atoms with Gasteiger partial charge in [0.15, 0.2) is 0 Å². The van der Waals surface area contributed by atoms with Crippen molar-refractivity contribution < 1.29 is 9.39 Å². The lowest BCUT2D eigenvalue weighted by molar-refractivity contribution is -0.825. The van der Waals surface area contributed by atoms with Crippen LogP contribution in [0.15, 0.2) is 0 Å². The lowest BCUT2D eigenvalue weighted by Gasteiger charge is -2.15. The summed E-state index contributed by atoms with van der Waals surface area (Å²) in [6.45, 7) is 1.46. The van der Waals surface area contributed by atoms with E-state index in [1.165, 1.54) is 6.92 Å². The van der Waals surface area contributed by atoms with Crippen LogP contribution in [0.25, 0.3) is 0 Å². The molecule has 0 aliphatic rings. The molecule has 0 aliphatic carbocycles. The van der Waals surface area contributed by atoms with E-state index in [0.29, 0.717) is 0 Å². The summed E-state index contributed by atoms with van der Waals surface area (Å²) in [4.78, 5) is 10.3. The predicted molar refractivity (Wildman–Crippen MR) is 27.0 cm³/mol. The van der Waals surface area contributed by atoms with Gasteiger partial charge in [0, 0.05) is 0 Å². The van der Waals surface area contributed by atoms with Crippen LogP contribution in [0.1, 0.15) is 6.92 Å². The van der Waals surface area contributed by atoms with Gasteiger partial charge in [0.05, 0.1) is 21.0 Å². The van der Waals surface area contributed by atoms with Gasteiger partial charge in [-0.3, -0.25) is 0 Å². The van der Waals surface area contributed by atoms with Crippen molar-refractivity contribution in [2.24, 2.45) is 5.84 Å². The van der Waals surface area contributed by atoms with Crippen molar-refractivity contribution in [3.05, 3.63) is 0 Å². The summed E-state index contributed by atoms with van der Waals surface area (Å²) in [5.74, 6) is 5.22. The number of quaternary nitrogens is 1. The molecule has 0 atom stereocenters. The smallest absolute Gasteiger partial charge is 0.229 e. The van der Waals surface area contributed by atoms with Gasteiger partial charge in [0.25, 0.3) is 0 Å². The predicted octanol–water partition coefficient (Wildman–Crippen LogP) is -0.517. The molecule has 0 fully saturated rings. The standard InChI is InChI=1S/C4H11N2O/c1-4(7)6(2,3)5/h5H2,1-3H3/q+1. The van der Waals surface area contributed by atoms with Crippen molar-refractivity contribution in [1.29, 1.82) is 0 Å². The van der Waals surface area contributed by atoms with E-state index in [2.05, 4.69) is 0 Å². The Hall–Kier alpha value is -0.410. The van der Waals surface area contributed by atoms with Gasteiger partial charge in [-0.05, 0) is 0 Å². The SMILES string of the molecule is CC(=O)[N+](C)(C)N.